The zero-order valence-electron chi connectivity index (χ0n) is 12.4. The number of rotatable bonds is 5. The molecule has 1 aliphatic rings. The quantitative estimate of drug-likeness (QED) is 0.882. The normalized spacial score (nSPS) is 17.2. The summed E-state index contributed by atoms with van der Waals surface area (Å²) >= 11 is 6.12. The molecule has 0 bridgehead atoms. The maximum atomic E-state index is 12.1. The molecule has 8 nitrogen and oxygen atoms in total. The van der Waals surface area contributed by atoms with Crippen molar-refractivity contribution in [2.45, 2.75) is 26.0 Å². The number of aromatic nitrogens is 3. The van der Waals surface area contributed by atoms with E-state index in [1.54, 1.807) is 6.92 Å². The summed E-state index contributed by atoms with van der Waals surface area (Å²) in [5.74, 6) is 0.796. The van der Waals surface area contributed by atoms with Gasteiger partial charge in [0.1, 0.15) is 11.1 Å². The van der Waals surface area contributed by atoms with Gasteiger partial charge in [0.2, 0.25) is 11.8 Å². The van der Waals surface area contributed by atoms with Gasteiger partial charge in [-0.3, -0.25) is 4.79 Å². The first kappa shape index (κ1) is 15.7. The lowest BCUT2D eigenvalue weighted by Gasteiger charge is -2.12. The van der Waals surface area contributed by atoms with Crippen LogP contribution in [0.4, 0.5) is 0 Å². The number of carbonyl (C=O) groups excluding carboxylic acids is 1. The molecule has 1 N–H and O–H groups in total. The van der Waals surface area contributed by atoms with Crippen molar-refractivity contribution in [3.63, 3.8) is 0 Å². The first-order valence-corrected chi connectivity index (χ1v) is 7.47. The molecule has 1 aliphatic heterocycles. The van der Waals surface area contributed by atoms with E-state index in [0.717, 1.165) is 6.42 Å². The lowest BCUT2D eigenvalue weighted by atomic mass is 10.2. The molecule has 0 aliphatic carbocycles. The maximum absolute atomic E-state index is 12.1. The first-order valence-electron chi connectivity index (χ1n) is 7.09. The summed E-state index contributed by atoms with van der Waals surface area (Å²) in [6, 6.07) is 1.51. The topological polar surface area (TPSA) is 99.4 Å². The van der Waals surface area contributed by atoms with Crippen molar-refractivity contribution in [1.82, 2.24) is 20.4 Å². The molecule has 0 spiro atoms. The number of nitrogens with one attached hydrogen (secondary N) is 1. The van der Waals surface area contributed by atoms with Crippen LogP contribution in [0.1, 0.15) is 28.5 Å². The summed E-state index contributed by atoms with van der Waals surface area (Å²) < 4.78 is 15.8. The van der Waals surface area contributed by atoms with E-state index >= 15 is 0 Å². The molecule has 9 heteroatoms. The third-order valence-corrected chi connectivity index (χ3v) is 3.48. The van der Waals surface area contributed by atoms with Crippen molar-refractivity contribution in [3.05, 3.63) is 34.6 Å². The van der Waals surface area contributed by atoms with Gasteiger partial charge in [-0.1, -0.05) is 16.8 Å². The summed E-state index contributed by atoms with van der Waals surface area (Å²) in [5.41, 5.74) is 0.321. The number of aryl methyl sites for hydroxylation is 1. The zero-order chi connectivity index (χ0) is 16.2. The molecule has 122 valence electrons. The monoisotopic (exact) mass is 338 g/mol. The molecule has 2 aromatic heterocycles. The van der Waals surface area contributed by atoms with Gasteiger partial charge >= 0.3 is 0 Å². The molecule has 1 saturated heterocycles. The molecule has 3 rings (SSSR count). The number of hydrogen-bond donors (Lipinski definition) is 1. The van der Waals surface area contributed by atoms with Gasteiger partial charge in [0.25, 0.3) is 5.91 Å². The van der Waals surface area contributed by atoms with E-state index in [-0.39, 0.29) is 23.6 Å². The Kier molecular flexibility index (Phi) is 4.73. The molecular formula is C14H15ClN4O4. The number of pyridine rings is 1. The number of carbonyl (C=O) groups is 1. The Morgan fingerprint density at radius 1 is 1.57 bits per heavy atom. The van der Waals surface area contributed by atoms with Crippen molar-refractivity contribution in [3.8, 4) is 5.88 Å². The second-order valence-electron chi connectivity index (χ2n) is 5.03. The van der Waals surface area contributed by atoms with Crippen LogP contribution in [0.15, 0.2) is 16.8 Å². The van der Waals surface area contributed by atoms with Gasteiger partial charge in [0.05, 0.1) is 25.3 Å². The Labute approximate surface area is 137 Å². The van der Waals surface area contributed by atoms with Crippen LogP contribution in [-0.4, -0.2) is 40.3 Å². The van der Waals surface area contributed by atoms with E-state index in [2.05, 4.69) is 20.4 Å². The number of nitrogens with zero attached hydrogens (tertiary/aromatic N) is 3. The molecule has 1 atom stereocenters. The van der Waals surface area contributed by atoms with E-state index < -0.39 is 0 Å². The molecule has 3 heterocycles. The average molecular weight is 339 g/mol. The molecule has 2 aromatic rings. The molecule has 0 radical (unpaired) electrons. The number of halogens is 1. The van der Waals surface area contributed by atoms with Gasteiger partial charge < -0.3 is 19.3 Å². The van der Waals surface area contributed by atoms with Gasteiger partial charge in [-0.05, 0) is 13.0 Å². The minimum atomic E-state index is -0.342. The maximum Gasteiger partial charge on any atom is 0.253 e. The Morgan fingerprint density at radius 3 is 3.09 bits per heavy atom. The third-order valence-electron chi connectivity index (χ3n) is 3.21. The van der Waals surface area contributed by atoms with Crippen LogP contribution in [0.3, 0.4) is 0 Å². The van der Waals surface area contributed by atoms with Crippen LogP contribution in [0.2, 0.25) is 5.02 Å². The molecular weight excluding hydrogens is 324 g/mol. The Balaban J connectivity index is 1.60. The van der Waals surface area contributed by atoms with Crippen molar-refractivity contribution >= 4 is 17.5 Å². The minimum absolute atomic E-state index is 0.0551. The largest absolute Gasteiger partial charge is 0.471 e. The smallest absolute Gasteiger partial charge is 0.253 e. The zero-order valence-corrected chi connectivity index (χ0v) is 13.2. The molecule has 1 fully saturated rings. The standard InChI is InChI=1S/C14H15ClN4O4/c1-8-18-12(23-19-8)6-16-13(20)9-4-11(15)14(17-5-9)22-10-2-3-21-7-10/h4-5,10H,2-3,6-7H2,1H3,(H,16,20)/t10-/m1/s1. The Bertz CT molecular complexity index is 700. The van der Waals surface area contributed by atoms with E-state index in [9.17, 15) is 4.79 Å². The summed E-state index contributed by atoms with van der Waals surface area (Å²) in [6.45, 7) is 3.02. The third kappa shape index (κ3) is 3.96. The van der Waals surface area contributed by atoms with E-state index in [1.807, 2.05) is 0 Å². The van der Waals surface area contributed by atoms with E-state index in [4.69, 9.17) is 25.6 Å². The minimum Gasteiger partial charge on any atom is -0.471 e. The van der Waals surface area contributed by atoms with Crippen LogP contribution >= 0.6 is 11.6 Å². The Morgan fingerprint density at radius 2 is 2.43 bits per heavy atom. The lowest BCUT2D eigenvalue weighted by molar-refractivity contribution is 0.0945. The second kappa shape index (κ2) is 6.93. The number of ether oxygens (including phenoxy) is 2. The molecule has 1 amide bonds. The fourth-order valence-corrected chi connectivity index (χ4v) is 2.28. The Hall–Kier alpha value is -2.19. The molecule has 23 heavy (non-hydrogen) atoms. The van der Waals surface area contributed by atoms with Crippen LogP contribution in [0.5, 0.6) is 5.88 Å². The van der Waals surface area contributed by atoms with Crippen molar-refractivity contribution in [2.75, 3.05) is 13.2 Å². The highest BCUT2D eigenvalue weighted by molar-refractivity contribution is 6.32. The van der Waals surface area contributed by atoms with Gasteiger partial charge in [0, 0.05) is 12.6 Å². The molecule has 0 aromatic carbocycles. The molecule has 0 unspecified atom stereocenters. The fraction of sp³-hybridized carbons (Fsp3) is 0.429. The van der Waals surface area contributed by atoms with Crippen LogP contribution in [0.25, 0.3) is 0 Å². The highest BCUT2D eigenvalue weighted by atomic mass is 35.5. The number of hydrogen-bond acceptors (Lipinski definition) is 7. The van der Waals surface area contributed by atoms with Gasteiger partial charge in [-0.2, -0.15) is 4.98 Å². The van der Waals surface area contributed by atoms with Gasteiger partial charge in [-0.25, -0.2) is 4.98 Å². The van der Waals surface area contributed by atoms with Crippen molar-refractivity contribution in [2.24, 2.45) is 0 Å². The van der Waals surface area contributed by atoms with Gasteiger partial charge in [0.15, 0.2) is 5.82 Å². The van der Waals surface area contributed by atoms with Gasteiger partial charge in [-0.15, -0.1) is 0 Å². The van der Waals surface area contributed by atoms with E-state index in [1.165, 1.54) is 12.3 Å². The predicted octanol–water partition coefficient (Wildman–Crippen LogP) is 1.52. The highest BCUT2D eigenvalue weighted by Crippen LogP contribution is 2.25. The van der Waals surface area contributed by atoms with E-state index in [0.29, 0.717) is 36.4 Å². The summed E-state index contributed by atoms with van der Waals surface area (Å²) in [7, 11) is 0. The average Bonchev–Trinajstić information content (AvgIpc) is 3.18. The lowest BCUT2D eigenvalue weighted by Crippen LogP contribution is -2.23. The first-order chi connectivity index (χ1) is 11.1. The summed E-state index contributed by atoms with van der Waals surface area (Å²) in [6.07, 6.45) is 2.15. The van der Waals surface area contributed by atoms with Crippen LogP contribution in [-0.2, 0) is 11.3 Å². The SMILES string of the molecule is Cc1noc(CNC(=O)c2cnc(O[C@@H]3CCOC3)c(Cl)c2)n1. The van der Waals surface area contributed by atoms with Crippen LogP contribution in [0, 0.1) is 6.92 Å². The summed E-state index contributed by atoms with van der Waals surface area (Å²) in [4.78, 5) is 20.2. The van der Waals surface area contributed by atoms with Crippen LogP contribution < -0.4 is 10.1 Å². The fourth-order valence-electron chi connectivity index (χ4n) is 2.07. The second-order valence-corrected chi connectivity index (χ2v) is 5.44. The predicted molar refractivity (Wildman–Crippen MR) is 79.3 cm³/mol. The highest BCUT2D eigenvalue weighted by Gasteiger charge is 2.20. The van der Waals surface area contributed by atoms with Crippen molar-refractivity contribution in [1.29, 1.82) is 0 Å². The molecule has 0 saturated carbocycles. The summed E-state index contributed by atoms with van der Waals surface area (Å²) in [5, 5.41) is 6.57. The number of amides is 1. The van der Waals surface area contributed by atoms with Crippen molar-refractivity contribution < 1.29 is 18.8 Å².